The molecule has 0 fully saturated rings. The molecular weight excluding hydrogens is 342 g/mol. The highest BCUT2D eigenvalue weighted by Crippen LogP contribution is 2.20. The number of carbonyl (C=O) groups excluding carboxylic acids is 2. The van der Waals surface area contributed by atoms with Crippen LogP contribution in [0.2, 0.25) is 0 Å². The zero-order valence-electron chi connectivity index (χ0n) is 13.7. The second-order valence-corrected chi connectivity index (χ2v) is 6.98. The van der Waals surface area contributed by atoms with Crippen molar-refractivity contribution in [3.05, 3.63) is 59.7 Å². The molecule has 0 heterocycles. The molecule has 0 atom stereocenters. The molecule has 7 nitrogen and oxygen atoms in total. The number of sulfonamides is 1. The molecule has 25 heavy (non-hydrogen) atoms. The lowest BCUT2D eigenvalue weighted by Gasteiger charge is -2.12. The first kappa shape index (κ1) is 18.5. The van der Waals surface area contributed by atoms with Crippen LogP contribution in [-0.2, 0) is 10.0 Å². The van der Waals surface area contributed by atoms with Crippen LogP contribution < -0.4 is 15.8 Å². The van der Waals surface area contributed by atoms with Crippen LogP contribution >= 0.6 is 0 Å². The Kier molecular flexibility index (Phi) is 5.76. The van der Waals surface area contributed by atoms with Gasteiger partial charge < -0.3 is 11.1 Å². The summed E-state index contributed by atoms with van der Waals surface area (Å²) >= 11 is 0. The molecule has 0 aromatic heterocycles. The minimum absolute atomic E-state index is 0.0405. The SMILES string of the molecule is CCCNC(=O)c1ccccc1NS(=O)(=O)c1ccc(C(N)=O)cc1. The van der Waals surface area contributed by atoms with E-state index in [1.165, 1.54) is 30.3 Å². The molecule has 0 unspecified atom stereocenters. The number of benzene rings is 2. The van der Waals surface area contributed by atoms with Crippen molar-refractivity contribution < 1.29 is 18.0 Å². The Morgan fingerprint density at radius 2 is 1.68 bits per heavy atom. The van der Waals surface area contributed by atoms with Crippen LogP contribution in [0.1, 0.15) is 34.1 Å². The third-order valence-corrected chi connectivity index (χ3v) is 4.78. The van der Waals surface area contributed by atoms with E-state index in [2.05, 4.69) is 10.0 Å². The van der Waals surface area contributed by atoms with Crippen molar-refractivity contribution in [3.63, 3.8) is 0 Å². The van der Waals surface area contributed by atoms with Crippen molar-refractivity contribution >= 4 is 27.5 Å². The second kappa shape index (κ2) is 7.80. The summed E-state index contributed by atoms with van der Waals surface area (Å²) in [5, 5.41) is 2.71. The summed E-state index contributed by atoms with van der Waals surface area (Å²) in [4.78, 5) is 23.2. The Morgan fingerprint density at radius 1 is 1.04 bits per heavy atom. The Hall–Kier alpha value is -2.87. The van der Waals surface area contributed by atoms with Crippen LogP contribution in [0.5, 0.6) is 0 Å². The number of nitrogens with one attached hydrogen (secondary N) is 2. The third kappa shape index (κ3) is 4.57. The molecule has 2 aromatic rings. The van der Waals surface area contributed by atoms with E-state index in [-0.39, 0.29) is 27.6 Å². The molecule has 132 valence electrons. The predicted octanol–water partition coefficient (Wildman–Crippen LogP) is 1.73. The maximum absolute atomic E-state index is 12.5. The van der Waals surface area contributed by atoms with E-state index < -0.39 is 15.9 Å². The zero-order valence-corrected chi connectivity index (χ0v) is 14.5. The molecule has 2 aromatic carbocycles. The largest absolute Gasteiger partial charge is 0.366 e. The zero-order chi connectivity index (χ0) is 18.4. The summed E-state index contributed by atoms with van der Waals surface area (Å²) in [6.45, 7) is 2.42. The molecule has 0 spiro atoms. The molecule has 0 radical (unpaired) electrons. The Morgan fingerprint density at radius 3 is 2.28 bits per heavy atom. The summed E-state index contributed by atoms with van der Waals surface area (Å²) in [6.07, 6.45) is 0.770. The maximum Gasteiger partial charge on any atom is 0.261 e. The monoisotopic (exact) mass is 361 g/mol. The number of amides is 2. The van der Waals surface area contributed by atoms with Gasteiger partial charge in [0.25, 0.3) is 15.9 Å². The first-order valence-corrected chi connectivity index (χ1v) is 9.13. The van der Waals surface area contributed by atoms with Crippen LogP contribution in [0, 0.1) is 0 Å². The van der Waals surface area contributed by atoms with Crippen molar-refractivity contribution in [1.29, 1.82) is 0 Å². The maximum atomic E-state index is 12.5. The number of nitrogens with two attached hydrogens (primary N) is 1. The second-order valence-electron chi connectivity index (χ2n) is 5.30. The van der Waals surface area contributed by atoms with Crippen LogP contribution in [0.3, 0.4) is 0 Å². The number of carbonyl (C=O) groups is 2. The van der Waals surface area contributed by atoms with Crippen molar-refractivity contribution in [2.75, 3.05) is 11.3 Å². The lowest BCUT2D eigenvalue weighted by molar-refractivity contribution is 0.0953. The summed E-state index contributed by atoms with van der Waals surface area (Å²) in [5.74, 6) is -1.00. The van der Waals surface area contributed by atoms with Gasteiger partial charge in [0.1, 0.15) is 0 Å². The first-order valence-electron chi connectivity index (χ1n) is 7.65. The average Bonchev–Trinajstić information content (AvgIpc) is 2.60. The molecule has 0 aliphatic heterocycles. The number of hydrogen-bond acceptors (Lipinski definition) is 4. The Balaban J connectivity index is 2.29. The number of para-hydroxylation sites is 1. The summed E-state index contributed by atoms with van der Waals surface area (Å²) in [6, 6.07) is 11.6. The van der Waals surface area contributed by atoms with Gasteiger partial charge >= 0.3 is 0 Å². The van der Waals surface area contributed by atoms with Crippen LogP contribution in [0.4, 0.5) is 5.69 Å². The Labute approximate surface area is 146 Å². The van der Waals surface area contributed by atoms with Gasteiger partial charge in [-0.15, -0.1) is 0 Å². The molecule has 0 aliphatic rings. The number of rotatable bonds is 7. The van der Waals surface area contributed by atoms with E-state index in [1.54, 1.807) is 18.2 Å². The molecule has 2 rings (SSSR count). The van der Waals surface area contributed by atoms with Crippen molar-refractivity contribution in [2.24, 2.45) is 5.73 Å². The molecule has 0 saturated heterocycles. The average molecular weight is 361 g/mol. The fourth-order valence-electron chi connectivity index (χ4n) is 2.11. The lowest BCUT2D eigenvalue weighted by Crippen LogP contribution is -2.25. The third-order valence-electron chi connectivity index (χ3n) is 3.40. The lowest BCUT2D eigenvalue weighted by atomic mass is 10.1. The normalized spacial score (nSPS) is 10.9. The van der Waals surface area contributed by atoms with Crippen LogP contribution in [-0.4, -0.2) is 26.8 Å². The van der Waals surface area contributed by atoms with Gasteiger partial charge in [-0.25, -0.2) is 8.42 Å². The molecule has 0 saturated carbocycles. The smallest absolute Gasteiger partial charge is 0.261 e. The van der Waals surface area contributed by atoms with E-state index in [0.29, 0.717) is 6.54 Å². The topological polar surface area (TPSA) is 118 Å². The van der Waals surface area contributed by atoms with Crippen LogP contribution in [0.15, 0.2) is 53.4 Å². The van der Waals surface area contributed by atoms with Gasteiger partial charge in [0, 0.05) is 12.1 Å². The van der Waals surface area contributed by atoms with Gasteiger partial charge in [0.2, 0.25) is 5.91 Å². The first-order chi connectivity index (χ1) is 11.8. The fraction of sp³-hybridized carbons (Fsp3) is 0.176. The highest BCUT2D eigenvalue weighted by Gasteiger charge is 2.18. The van der Waals surface area contributed by atoms with Gasteiger partial charge in [-0.2, -0.15) is 0 Å². The molecule has 8 heteroatoms. The fourth-order valence-corrected chi connectivity index (χ4v) is 3.19. The minimum atomic E-state index is -3.91. The molecule has 0 aliphatic carbocycles. The van der Waals surface area contributed by atoms with Gasteiger partial charge in [-0.3, -0.25) is 14.3 Å². The van der Waals surface area contributed by atoms with Crippen molar-refractivity contribution in [1.82, 2.24) is 5.32 Å². The van der Waals surface area contributed by atoms with Crippen LogP contribution in [0.25, 0.3) is 0 Å². The van der Waals surface area contributed by atoms with Gasteiger partial charge in [0.15, 0.2) is 0 Å². The minimum Gasteiger partial charge on any atom is -0.366 e. The van der Waals surface area contributed by atoms with Gasteiger partial charge in [0.05, 0.1) is 16.1 Å². The van der Waals surface area contributed by atoms with Gasteiger partial charge in [-0.1, -0.05) is 19.1 Å². The summed E-state index contributed by atoms with van der Waals surface area (Å²) in [7, 11) is -3.91. The Bertz CT molecular complexity index is 877. The van der Waals surface area contributed by atoms with Crippen molar-refractivity contribution in [2.45, 2.75) is 18.2 Å². The predicted molar refractivity (Wildman–Crippen MR) is 94.8 cm³/mol. The quantitative estimate of drug-likeness (QED) is 0.696. The van der Waals surface area contributed by atoms with E-state index >= 15 is 0 Å². The molecular formula is C17H19N3O4S. The van der Waals surface area contributed by atoms with Crippen molar-refractivity contribution in [3.8, 4) is 0 Å². The molecule has 2 amide bonds. The summed E-state index contributed by atoms with van der Waals surface area (Å²) < 4.78 is 27.4. The molecule has 4 N–H and O–H groups in total. The van der Waals surface area contributed by atoms with E-state index in [0.717, 1.165) is 6.42 Å². The highest BCUT2D eigenvalue weighted by atomic mass is 32.2. The van der Waals surface area contributed by atoms with E-state index in [4.69, 9.17) is 5.73 Å². The number of anilines is 1. The standard InChI is InChI=1S/C17H19N3O4S/c1-2-11-19-17(22)14-5-3-4-6-15(14)20-25(23,24)13-9-7-12(8-10-13)16(18)21/h3-10,20H,2,11H2,1H3,(H2,18,21)(H,19,22). The van der Waals surface area contributed by atoms with Gasteiger partial charge in [-0.05, 0) is 42.8 Å². The number of primary amides is 1. The highest BCUT2D eigenvalue weighted by molar-refractivity contribution is 7.92. The summed E-state index contributed by atoms with van der Waals surface area (Å²) in [5.41, 5.74) is 5.75. The van der Waals surface area contributed by atoms with E-state index in [1.807, 2.05) is 6.92 Å². The van der Waals surface area contributed by atoms with E-state index in [9.17, 15) is 18.0 Å². The number of hydrogen-bond donors (Lipinski definition) is 3. The molecule has 0 bridgehead atoms.